The van der Waals surface area contributed by atoms with E-state index < -0.39 is 0 Å². The number of carbonyl (C=O) groups excluding carboxylic acids is 1. The Kier molecular flexibility index (Phi) is 4.05. The molecule has 90 valence electrons. The summed E-state index contributed by atoms with van der Waals surface area (Å²) in [5.41, 5.74) is 0.725. The number of methoxy groups -OCH3 is 1. The lowest BCUT2D eigenvalue weighted by atomic mass is 10.3. The molecule has 17 heavy (non-hydrogen) atoms. The molecule has 0 spiro atoms. The first-order valence-corrected chi connectivity index (χ1v) is 6.67. The Bertz CT molecular complexity index is 481. The predicted molar refractivity (Wildman–Crippen MR) is 67.3 cm³/mol. The molecule has 0 unspecified atom stereocenters. The van der Waals surface area contributed by atoms with Crippen molar-refractivity contribution >= 4 is 33.8 Å². The van der Waals surface area contributed by atoms with Crippen LogP contribution in [0.2, 0.25) is 0 Å². The molecule has 0 bridgehead atoms. The third kappa shape index (κ3) is 3.50. The number of anilines is 1. The average molecular weight is 269 g/mol. The zero-order valence-electron chi connectivity index (χ0n) is 9.17. The van der Waals surface area contributed by atoms with Gasteiger partial charge in [-0.2, -0.15) is 0 Å². The first kappa shape index (κ1) is 12.0. The highest BCUT2D eigenvalue weighted by molar-refractivity contribution is 7.13. The number of rotatable bonds is 5. The molecule has 0 aliphatic carbocycles. The van der Waals surface area contributed by atoms with Crippen LogP contribution < -0.4 is 5.32 Å². The van der Waals surface area contributed by atoms with Crippen molar-refractivity contribution in [2.75, 3.05) is 12.4 Å². The standard InChI is InChI=1S/C10H11N3O2S2/c1-15-9(14)4-7-6-17-10(13-7)12-5-8-11-2-3-16-8/h2-3,6H,4-5H2,1H3,(H,12,13). The fourth-order valence-corrected chi connectivity index (χ4v) is 2.45. The van der Waals surface area contributed by atoms with E-state index in [0.717, 1.165) is 15.8 Å². The SMILES string of the molecule is COC(=O)Cc1csc(NCc2nccs2)n1. The van der Waals surface area contributed by atoms with E-state index in [1.165, 1.54) is 18.4 Å². The molecule has 2 aromatic heterocycles. The van der Waals surface area contributed by atoms with Crippen LogP contribution in [0.25, 0.3) is 0 Å². The number of hydrogen-bond acceptors (Lipinski definition) is 7. The van der Waals surface area contributed by atoms with Crippen LogP contribution in [0.15, 0.2) is 17.0 Å². The zero-order chi connectivity index (χ0) is 12.1. The number of ether oxygens (including phenoxy) is 1. The lowest BCUT2D eigenvalue weighted by Gasteiger charge is -1.98. The molecular weight excluding hydrogens is 258 g/mol. The fourth-order valence-electron chi connectivity index (χ4n) is 1.18. The van der Waals surface area contributed by atoms with Crippen molar-refractivity contribution in [1.29, 1.82) is 0 Å². The van der Waals surface area contributed by atoms with Gasteiger partial charge in [0.25, 0.3) is 0 Å². The molecule has 0 radical (unpaired) electrons. The number of nitrogens with zero attached hydrogens (tertiary/aromatic N) is 2. The molecule has 0 aliphatic heterocycles. The van der Waals surface area contributed by atoms with Gasteiger partial charge in [0.05, 0.1) is 25.8 Å². The van der Waals surface area contributed by atoms with E-state index in [9.17, 15) is 4.79 Å². The molecule has 0 fully saturated rings. The number of aromatic nitrogens is 2. The van der Waals surface area contributed by atoms with E-state index in [2.05, 4.69) is 20.0 Å². The highest BCUT2D eigenvalue weighted by Crippen LogP contribution is 2.17. The average Bonchev–Trinajstić information content (AvgIpc) is 2.97. The topological polar surface area (TPSA) is 64.1 Å². The van der Waals surface area contributed by atoms with Crippen molar-refractivity contribution in [1.82, 2.24) is 9.97 Å². The van der Waals surface area contributed by atoms with Gasteiger partial charge in [0.1, 0.15) is 5.01 Å². The Hall–Kier alpha value is -1.47. The molecule has 2 heterocycles. The minimum Gasteiger partial charge on any atom is -0.469 e. The van der Waals surface area contributed by atoms with E-state index in [0.29, 0.717) is 6.54 Å². The molecule has 0 amide bonds. The maximum absolute atomic E-state index is 11.0. The van der Waals surface area contributed by atoms with Gasteiger partial charge < -0.3 is 10.1 Å². The lowest BCUT2D eigenvalue weighted by molar-refractivity contribution is -0.139. The van der Waals surface area contributed by atoms with Crippen molar-refractivity contribution in [3.05, 3.63) is 27.7 Å². The molecule has 5 nitrogen and oxygen atoms in total. The van der Waals surface area contributed by atoms with E-state index in [-0.39, 0.29) is 12.4 Å². The van der Waals surface area contributed by atoms with Gasteiger partial charge in [-0.15, -0.1) is 22.7 Å². The van der Waals surface area contributed by atoms with Crippen LogP contribution in [0.3, 0.4) is 0 Å². The fraction of sp³-hybridized carbons (Fsp3) is 0.300. The molecule has 2 aromatic rings. The maximum Gasteiger partial charge on any atom is 0.311 e. The zero-order valence-corrected chi connectivity index (χ0v) is 10.8. The molecule has 0 saturated carbocycles. The van der Waals surface area contributed by atoms with Crippen LogP contribution >= 0.6 is 22.7 Å². The Labute approximate surface area is 106 Å². The van der Waals surface area contributed by atoms with Gasteiger partial charge in [-0.05, 0) is 0 Å². The van der Waals surface area contributed by atoms with Gasteiger partial charge in [0.2, 0.25) is 0 Å². The van der Waals surface area contributed by atoms with E-state index in [1.807, 2.05) is 10.8 Å². The summed E-state index contributed by atoms with van der Waals surface area (Å²) < 4.78 is 4.58. The molecule has 0 aromatic carbocycles. The van der Waals surface area contributed by atoms with Crippen molar-refractivity contribution in [2.24, 2.45) is 0 Å². The number of nitrogens with one attached hydrogen (secondary N) is 1. The summed E-state index contributed by atoms with van der Waals surface area (Å²) in [5.74, 6) is -0.276. The van der Waals surface area contributed by atoms with Crippen molar-refractivity contribution in [3.63, 3.8) is 0 Å². The minimum absolute atomic E-state index is 0.214. The van der Waals surface area contributed by atoms with E-state index in [1.54, 1.807) is 17.5 Å². The van der Waals surface area contributed by atoms with Crippen LogP contribution in [-0.2, 0) is 22.5 Å². The third-order valence-electron chi connectivity index (χ3n) is 1.98. The Morgan fingerprint density at radius 3 is 3.12 bits per heavy atom. The smallest absolute Gasteiger partial charge is 0.311 e. The second-order valence-electron chi connectivity index (χ2n) is 3.18. The summed E-state index contributed by atoms with van der Waals surface area (Å²) in [6.07, 6.45) is 1.98. The molecule has 7 heteroatoms. The van der Waals surface area contributed by atoms with Crippen molar-refractivity contribution in [2.45, 2.75) is 13.0 Å². The van der Waals surface area contributed by atoms with Crippen LogP contribution in [-0.4, -0.2) is 23.0 Å². The van der Waals surface area contributed by atoms with Gasteiger partial charge >= 0.3 is 5.97 Å². The second-order valence-corrected chi connectivity index (χ2v) is 5.01. The van der Waals surface area contributed by atoms with Gasteiger partial charge in [0.15, 0.2) is 5.13 Å². The third-order valence-corrected chi connectivity index (χ3v) is 3.61. The Morgan fingerprint density at radius 1 is 1.53 bits per heavy atom. The van der Waals surface area contributed by atoms with E-state index >= 15 is 0 Å². The number of hydrogen-bond donors (Lipinski definition) is 1. The summed E-state index contributed by atoms with van der Waals surface area (Å²) in [6, 6.07) is 0. The summed E-state index contributed by atoms with van der Waals surface area (Å²) in [7, 11) is 1.37. The molecule has 0 atom stereocenters. The van der Waals surface area contributed by atoms with Gasteiger partial charge in [-0.1, -0.05) is 0 Å². The van der Waals surface area contributed by atoms with Gasteiger partial charge in [0, 0.05) is 17.0 Å². The highest BCUT2D eigenvalue weighted by atomic mass is 32.1. The first-order chi connectivity index (χ1) is 8.28. The maximum atomic E-state index is 11.0. The monoisotopic (exact) mass is 269 g/mol. The number of thiazole rings is 2. The number of carbonyl (C=O) groups is 1. The Balaban J connectivity index is 1.88. The van der Waals surface area contributed by atoms with Crippen LogP contribution in [0.5, 0.6) is 0 Å². The lowest BCUT2D eigenvalue weighted by Crippen LogP contribution is -2.05. The molecule has 1 N–H and O–H groups in total. The normalized spacial score (nSPS) is 10.2. The summed E-state index contributed by atoms with van der Waals surface area (Å²) in [4.78, 5) is 19.5. The molecule has 2 rings (SSSR count). The van der Waals surface area contributed by atoms with Crippen LogP contribution in [0.4, 0.5) is 5.13 Å². The molecular formula is C10H11N3O2S2. The quantitative estimate of drug-likeness (QED) is 0.840. The summed E-state index contributed by atoms with van der Waals surface area (Å²) >= 11 is 3.06. The summed E-state index contributed by atoms with van der Waals surface area (Å²) in [6.45, 7) is 0.656. The largest absolute Gasteiger partial charge is 0.469 e. The molecule has 0 saturated heterocycles. The predicted octanol–water partition coefficient (Wildman–Crippen LogP) is 1.93. The second kappa shape index (κ2) is 5.74. The minimum atomic E-state index is -0.276. The van der Waals surface area contributed by atoms with Crippen molar-refractivity contribution < 1.29 is 9.53 Å². The first-order valence-electron chi connectivity index (χ1n) is 4.91. The number of esters is 1. The molecule has 0 aliphatic rings. The van der Waals surface area contributed by atoms with Crippen LogP contribution in [0, 0.1) is 0 Å². The van der Waals surface area contributed by atoms with Gasteiger partial charge in [-0.3, -0.25) is 4.79 Å². The van der Waals surface area contributed by atoms with Crippen LogP contribution in [0.1, 0.15) is 10.7 Å². The highest BCUT2D eigenvalue weighted by Gasteiger charge is 2.07. The van der Waals surface area contributed by atoms with Gasteiger partial charge in [-0.25, -0.2) is 9.97 Å². The van der Waals surface area contributed by atoms with Crippen molar-refractivity contribution in [3.8, 4) is 0 Å². The summed E-state index contributed by atoms with van der Waals surface area (Å²) in [5, 5.41) is 8.74. The Morgan fingerprint density at radius 2 is 2.41 bits per heavy atom. The van der Waals surface area contributed by atoms with E-state index in [4.69, 9.17) is 0 Å².